The van der Waals surface area contributed by atoms with E-state index in [0.717, 1.165) is 13.0 Å². The summed E-state index contributed by atoms with van der Waals surface area (Å²) in [6, 6.07) is 12.7. The van der Waals surface area contributed by atoms with Crippen molar-refractivity contribution in [2.24, 2.45) is 0 Å². The van der Waals surface area contributed by atoms with Gasteiger partial charge in [-0.05, 0) is 35.6 Å². The highest BCUT2D eigenvalue weighted by Crippen LogP contribution is 2.12. The van der Waals surface area contributed by atoms with Gasteiger partial charge >= 0.3 is 0 Å². The van der Waals surface area contributed by atoms with Crippen LogP contribution in [0, 0.1) is 0 Å². The highest BCUT2D eigenvalue weighted by Gasteiger charge is 1.95. The average Bonchev–Trinajstić information content (AvgIpc) is 2.85. The van der Waals surface area contributed by atoms with Crippen LogP contribution in [0.3, 0.4) is 0 Å². The maximum atomic E-state index is 5.08. The summed E-state index contributed by atoms with van der Waals surface area (Å²) < 4.78 is 5.08. The lowest BCUT2D eigenvalue weighted by Gasteiger charge is -2.06. The summed E-state index contributed by atoms with van der Waals surface area (Å²) in [6.07, 6.45) is 1.08. The normalized spacial score (nSPS) is 10.4. The Kier molecular flexibility index (Phi) is 4.59. The van der Waals surface area contributed by atoms with Crippen molar-refractivity contribution in [3.63, 3.8) is 0 Å². The first-order chi connectivity index (χ1) is 8.38. The monoisotopic (exact) mass is 247 g/mol. The predicted octanol–water partition coefficient (Wildman–Crippen LogP) is 3.55. The van der Waals surface area contributed by atoms with E-state index in [-0.39, 0.29) is 0 Å². The molecule has 0 aliphatic heterocycles. The van der Waals surface area contributed by atoms with Gasteiger partial charge < -0.3 is 10.1 Å². The van der Waals surface area contributed by atoms with Crippen LogP contribution in [0.25, 0.3) is 0 Å². The van der Waals surface area contributed by atoms with Gasteiger partial charge in [0.2, 0.25) is 0 Å². The summed E-state index contributed by atoms with van der Waals surface area (Å²) in [4.78, 5) is 1.42. The summed E-state index contributed by atoms with van der Waals surface area (Å²) in [5, 5.41) is 5.54. The highest BCUT2D eigenvalue weighted by molar-refractivity contribution is 7.09. The molecule has 2 nitrogen and oxygen atoms in total. The molecule has 0 aliphatic rings. The molecule has 0 bridgehead atoms. The smallest absolute Gasteiger partial charge is 0.0713 e. The third-order valence-electron chi connectivity index (χ3n) is 2.55. The first kappa shape index (κ1) is 12.1. The van der Waals surface area contributed by atoms with Crippen LogP contribution in [0.5, 0.6) is 0 Å². The van der Waals surface area contributed by atoms with Crippen LogP contribution in [-0.2, 0) is 17.8 Å². The van der Waals surface area contributed by atoms with Crippen molar-refractivity contribution >= 4 is 17.0 Å². The maximum Gasteiger partial charge on any atom is 0.0713 e. The molecule has 1 N–H and O–H groups in total. The van der Waals surface area contributed by atoms with Crippen molar-refractivity contribution in [2.75, 3.05) is 19.0 Å². The van der Waals surface area contributed by atoms with Crippen LogP contribution < -0.4 is 5.32 Å². The standard InChI is InChI=1S/C14H17NOS/c1-16-11-12-4-6-13(7-5-12)15-9-8-14-3-2-10-17-14/h2-7,10,15H,8-9,11H2,1H3. The molecule has 0 spiro atoms. The minimum atomic E-state index is 0.676. The van der Waals surface area contributed by atoms with Crippen LogP contribution >= 0.6 is 11.3 Å². The molecule has 2 rings (SSSR count). The van der Waals surface area contributed by atoms with Crippen molar-refractivity contribution in [1.29, 1.82) is 0 Å². The summed E-state index contributed by atoms with van der Waals surface area (Å²) in [7, 11) is 1.72. The Morgan fingerprint density at radius 2 is 2.00 bits per heavy atom. The molecule has 0 saturated heterocycles. The van der Waals surface area contributed by atoms with E-state index in [1.54, 1.807) is 7.11 Å². The molecule has 3 heteroatoms. The van der Waals surface area contributed by atoms with E-state index in [0.29, 0.717) is 6.61 Å². The molecular weight excluding hydrogens is 230 g/mol. The van der Waals surface area contributed by atoms with Crippen LogP contribution in [0.4, 0.5) is 5.69 Å². The minimum Gasteiger partial charge on any atom is -0.385 e. The largest absolute Gasteiger partial charge is 0.385 e. The fourth-order valence-electron chi connectivity index (χ4n) is 1.67. The number of hydrogen-bond donors (Lipinski definition) is 1. The average molecular weight is 247 g/mol. The van der Waals surface area contributed by atoms with E-state index in [9.17, 15) is 0 Å². The third kappa shape index (κ3) is 3.88. The van der Waals surface area contributed by atoms with E-state index in [1.807, 2.05) is 11.3 Å². The zero-order chi connectivity index (χ0) is 11.9. The minimum absolute atomic E-state index is 0.676. The Labute approximate surface area is 106 Å². The Balaban J connectivity index is 1.79. The van der Waals surface area contributed by atoms with Crippen molar-refractivity contribution in [2.45, 2.75) is 13.0 Å². The number of benzene rings is 1. The van der Waals surface area contributed by atoms with Crippen molar-refractivity contribution in [3.8, 4) is 0 Å². The Morgan fingerprint density at radius 1 is 1.18 bits per heavy atom. The summed E-state index contributed by atoms with van der Waals surface area (Å²) in [5.74, 6) is 0. The summed E-state index contributed by atoms with van der Waals surface area (Å²) >= 11 is 1.81. The lowest BCUT2D eigenvalue weighted by Crippen LogP contribution is -2.03. The second-order valence-corrected chi connectivity index (χ2v) is 4.92. The zero-order valence-electron chi connectivity index (χ0n) is 9.98. The molecule has 0 atom stereocenters. The van der Waals surface area contributed by atoms with E-state index in [4.69, 9.17) is 4.74 Å². The topological polar surface area (TPSA) is 21.3 Å². The van der Waals surface area contributed by atoms with Gasteiger partial charge in [-0.15, -0.1) is 11.3 Å². The summed E-state index contributed by atoms with van der Waals surface area (Å²) in [6.45, 7) is 1.65. The molecule has 2 aromatic rings. The van der Waals surface area contributed by atoms with E-state index in [1.165, 1.54) is 16.1 Å². The van der Waals surface area contributed by atoms with Crippen LogP contribution in [0.2, 0.25) is 0 Å². The molecule has 17 heavy (non-hydrogen) atoms. The van der Waals surface area contributed by atoms with Crippen molar-refractivity contribution < 1.29 is 4.74 Å². The fraction of sp³-hybridized carbons (Fsp3) is 0.286. The van der Waals surface area contributed by atoms with Gasteiger partial charge in [-0.3, -0.25) is 0 Å². The SMILES string of the molecule is COCc1ccc(NCCc2cccs2)cc1. The molecule has 0 fully saturated rings. The number of rotatable bonds is 6. The van der Waals surface area contributed by atoms with E-state index < -0.39 is 0 Å². The molecule has 0 aliphatic carbocycles. The van der Waals surface area contributed by atoms with Gasteiger partial charge in [0.25, 0.3) is 0 Å². The zero-order valence-corrected chi connectivity index (χ0v) is 10.8. The van der Waals surface area contributed by atoms with Gasteiger partial charge in [-0.25, -0.2) is 0 Å². The first-order valence-electron chi connectivity index (χ1n) is 5.72. The Bertz CT molecular complexity index is 422. The number of thiophene rings is 1. The van der Waals surface area contributed by atoms with E-state index >= 15 is 0 Å². The van der Waals surface area contributed by atoms with Crippen LogP contribution in [0.1, 0.15) is 10.4 Å². The Hall–Kier alpha value is -1.32. The Morgan fingerprint density at radius 3 is 2.65 bits per heavy atom. The quantitative estimate of drug-likeness (QED) is 0.843. The van der Waals surface area contributed by atoms with Crippen LogP contribution in [-0.4, -0.2) is 13.7 Å². The molecule has 1 heterocycles. The molecule has 0 radical (unpaired) electrons. The molecule has 1 aromatic carbocycles. The number of nitrogens with one attached hydrogen (secondary N) is 1. The number of ether oxygens (including phenoxy) is 1. The number of methoxy groups -OCH3 is 1. The van der Waals surface area contributed by atoms with Gasteiger partial charge in [0.1, 0.15) is 0 Å². The van der Waals surface area contributed by atoms with Gasteiger partial charge in [0.05, 0.1) is 6.61 Å². The number of anilines is 1. The van der Waals surface area contributed by atoms with Gasteiger partial charge in [0, 0.05) is 24.2 Å². The molecule has 0 saturated carbocycles. The first-order valence-corrected chi connectivity index (χ1v) is 6.60. The lowest BCUT2D eigenvalue weighted by atomic mass is 10.2. The second kappa shape index (κ2) is 6.42. The van der Waals surface area contributed by atoms with Gasteiger partial charge in [0.15, 0.2) is 0 Å². The lowest BCUT2D eigenvalue weighted by molar-refractivity contribution is 0.185. The van der Waals surface area contributed by atoms with E-state index in [2.05, 4.69) is 47.1 Å². The van der Waals surface area contributed by atoms with Gasteiger partial charge in [-0.1, -0.05) is 18.2 Å². The molecule has 1 aromatic heterocycles. The highest BCUT2D eigenvalue weighted by atomic mass is 32.1. The fourth-order valence-corrected chi connectivity index (χ4v) is 2.38. The van der Waals surface area contributed by atoms with Crippen molar-refractivity contribution in [1.82, 2.24) is 0 Å². The number of hydrogen-bond acceptors (Lipinski definition) is 3. The summed E-state index contributed by atoms with van der Waals surface area (Å²) in [5.41, 5.74) is 2.37. The third-order valence-corrected chi connectivity index (χ3v) is 3.48. The predicted molar refractivity (Wildman–Crippen MR) is 73.7 cm³/mol. The maximum absolute atomic E-state index is 5.08. The van der Waals surface area contributed by atoms with Crippen molar-refractivity contribution in [3.05, 3.63) is 52.2 Å². The van der Waals surface area contributed by atoms with Gasteiger partial charge in [-0.2, -0.15) is 0 Å². The second-order valence-electron chi connectivity index (χ2n) is 3.89. The molecular formula is C14H17NOS. The molecule has 0 amide bonds. The molecule has 90 valence electrons. The van der Waals surface area contributed by atoms with Crippen LogP contribution in [0.15, 0.2) is 41.8 Å². The molecule has 0 unspecified atom stereocenters.